The highest BCUT2D eigenvalue weighted by atomic mass is 16.6. The highest BCUT2D eigenvalue weighted by Gasteiger charge is 2.46. The minimum atomic E-state index is 0.144. The molecule has 0 N–H and O–H groups in total. The lowest BCUT2D eigenvalue weighted by molar-refractivity contribution is -0.105. The maximum Gasteiger partial charge on any atom is 0.145 e. The first-order valence-corrected chi connectivity index (χ1v) is 4.53. The summed E-state index contributed by atoms with van der Waals surface area (Å²) in [5.74, 6) is 0.640. The molecular formula is C10H14O2. The van der Waals surface area contributed by atoms with Crippen molar-refractivity contribution in [1.29, 1.82) is 0 Å². The van der Waals surface area contributed by atoms with Crippen molar-refractivity contribution in [1.82, 2.24) is 0 Å². The van der Waals surface area contributed by atoms with E-state index in [2.05, 4.69) is 13.0 Å². The molecule has 0 aromatic heterocycles. The Bertz CT molecular complexity index is 226. The van der Waals surface area contributed by atoms with Gasteiger partial charge in [0.15, 0.2) is 0 Å². The molecule has 0 spiro atoms. The summed E-state index contributed by atoms with van der Waals surface area (Å²) in [6.07, 6.45) is 6.11. The zero-order valence-electron chi connectivity index (χ0n) is 7.38. The van der Waals surface area contributed by atoms with Crippen LogP contribution in [-0.2, 0) is 9.53 Å². The smallest absolute Gasteiger partial charge is 0.145 e. The number of hydrogen-bond acceptors (Lipinski definition) is 2. The van der Waals surface area contributed by atoms with E-state index in [0.29, 0.717) is 5.92 Å². The third kappa shape index (κ3) is 1.31. The van der Waals surface area contributed by atoms with Gasteiger partial charge in [-0.25, -0.2) is 0 Å². The molecule has 2 unspecified atom stereocenters. The van der Waals surface area contributed by atoms with Crippen molar-refractivity contribution < 1.29 is 9.53 Å². The van der Waals surface area contributed by atoms with Crippen molar-refractivity contribution in [3.05, 3.63) is 11.6 Å². The van der Waals surface area contributed by atoms with E-state index >= 15 is 0 Å². The highest BCUT2D eigenvalue weighted by Crippen LogP contribution is 2.41. The van der Waals surface area contributed by atoms with Gasteiger partial charge in [-0.05, 0) is 37.7 Å². The SMILES string of the molecule is CC1(C2CC=C(C=O)CC2)CO1. The first kappa shape index (κ1) is 7.99. The maximum absolute atomic E-state index is 10.4. The molecule has 66 valence electrons. The van der Waals surface area contributed by atoms with Crippen molar-refractivity contribution in [2.75, 3.05) is 6.61 Å². The average molecular weight is 166 g/mol. The number of carbonyl (C=O) groups excluding carboxylic acids is 1. The third-order valence-electron chi connectivity index (χ3n) is 3.06. The molecule has 12 heavy (non-hydrogen) atoms. The molecule has 1 saturated heterocycles. The number of allylic oxidation sites excluding steroid dienone is 2. The number of carbonyl (C=O) groups is 1. The van der Waals surface area contributed by atoms with Gasteiger partial charge in [0.2, 0.25) is 0 Å². The molecule has 2 atom stereocenters. The molecule has 2 nitrogen and oxygen atoms in total. The summed E-state index contributed by atoms with van der Waals surface area (Å²) in [7, 11) is 0. The molecule has 0 radical (unpaired) electrons. The molecule has 0 amide bonds. The van der Waals surface area contributed by atoms with Gasteiger partial charge in [0.25, 0.3) is 0 Å². The molecule has 1 heterocycles. The van der Waals surface area contributed by atoms with Crippen LogP contribution in [0.25, 0.3) is 0 Å². The zero-order chi connectivity index (χ0) is 8.60. The summed E-state index contributed by atoms with van der Waals surface area (Å²) in [6, 6.07) is 0. The van der Waals surface area contributed by atoms with Crippen LogP contribution in [0, 0.1) is 5.92 Å². The normalized spacial score (nSPS) is 40.4. The summed E-state index contributed by atoms with van der Waals surface area (Å²) < 4.78 is 5.39. The highest BCUT2D eigenvalue weighted by molar-refractivity contribution is 5.73. The molecule has 1 aliphatic heterocycles. The van der Waals surface area contributed by atoms with E-state index in [0.717, 1.165) is 37.7 Å². The van der Waals surface area contributed by atoms with Crippen LogP contribution in [-0.4, -0.2) is 18.5 Å². The molecule has 2 heteroatoms. The van der Waals surface area contributed by atoms with E-state index in [1.54, 1.807) is 0 Å². The van der Waals surface area contributed by atoms with E-state index in [4.69, 9.17) is 4.74 Å². The largest absolute Gasteiger partial charge is 0.370 e. The molecule has 0 saturated carbocycles. The summed E-state index contributed by atoms with van der Waals surface area (Å²) in [5.41, 5.74) is 1.11. The van der Waals surface area contributed by atoms with E-state index in [1.807, 2.05) is 0 Å². The van der Waals surface area contributed by atoms with E-state index in [9.17, 15) is 4.79 Å². The van der Waals surface area contributed by atoms with Gasteiger partial charge < -0.3 is 4.74 Å². The van der Waals surface area contributed by atoms with Crippen molar-refractivity contribution in [2.24, 2.45) is 5.92 Å². The van der Waals surface area contributed by atoms with Crippen LogP contribution in [0.2, 0.25) is 0 Å². The van der Waals surface area contributed by atoms with Gasteiger partial charge in [-0.1, -0.05) is 6.08 Å². The second-order valence-electron chi connectivity index (χ2n) is 3.97. The molecule has 1 fully saturated rings. The summed E-state index contributed by atoms with van der Waals surface area (Å²) in [5, 5.41) is 0. The molecular weight excluding hydrogens is 152 g/mol. The van der Waals surface area contributed by atoms with Gasteiger partial charge in [-0.15, -0.1) is 0 Å². The lowest BCUT2D eigenvalue weighted by Crippen LogP contribution is -2.22. The number of hydrogen-bond donors (Lipinski definition) is 0. The first-order chi connectivity index (χ1) is 5.74. The number of rotatable bonds is 2. The molecule has 0 bridgehead atoms. The van der Waals surface area contributed by atoms with Crippen molar-refractivity contribution in [3.8, 4) is 0 Å². The third-order valence-corrected chi connectivity index (χ3v) is 3.06. The van der Waals surface area contributed by atoms with E-state index in [-0.39, 0.29) is 5.60 Å². The second kappa shape index (κ2) is 2.70. The molecule has 0 aromatic rings. The fourth-order valence-electron chi connectivity index (χ4n) is 1.87. The van der Waals surface area contributed by atoms with Crippen molar-refractivity contribution in [3.63, 3.8) is 0 Å². The van der Waals surface area contributed by atoms with Crippen molar-refractivity contribution >= 4 is 6.29 Å². The van der Waals surface area contributed by atoms with Crippen LogP contribution in [0.1, 0.15) is 26.2 Å². The van der Waals surface area contributed by atoms with Crippen LogP contribution < -0.4 is 0 Å². The number of epoxide rings is 1. The Morgan fingerprint density at radius 3 is 2.92 bits per heavy atom. The minimum absolute atomic E-state index is 0.144. The molecule has 0 aromatic carbocycles. The number of ether oxygens (including phenoxy) is 1. The lowest BCUT2D eigenvalue weighted by atomic mass is 9.82. The maximum atomic E-state index is 10.4. The Morgan fingerprint density at radius 2 is 2.50 bits per heavy atom. The quantitative estimate of drug-likeness (QED) is 0.461. The first-order valence-electron chi connectivity index (χ1n) is 4.53. The minimum Gasteiger partial charge on any atom is -0.370 e. The van der Waals surface area contributed by atoms with Crippen LogP contribution >= 0.6 is 0 Å². The average Bonchev–Trinajstić information content (AvgIpc) is 2.85. The summed E-state index contributed by atoms with van der Waals surface area (Å²) in [4.78, 5) is 10.4. The molecule has 2 aliphatic rings. The Balaban J connectivity index is 1.98. The van der Waals surface area contributed by atoms with Gasteiger partial charge in [-0.2, -0.15) is 0 Å². The lowest BCUT2D eigenvalue weighted by Gasteiger charge is -2.23. The summed E-state index contributed by atoms with van der Waals surface area (Å²) >= 11 is 0. The Kier molecular flexibility index (Phi) is 1.80. The van der Waals surface area contributed by atoms with Crippen LogP contribution in [0.3, 0.4) is 0 Å². The van der Waals surface area contributed by atoms with Crippen LogP contribution in [0.5, 0.6) is 0 Å². The van der Waals surface area contributed by atoms with Crippen LogP contribution in [0.4, 0.5) is 0 Å². The van der Waals surface area contributed by atoms with Gasteiger partial charge >= 0.3 is 0 Å². The van der Waals surface area contributed by atoms with Gasteiger partial charge in [0.1, 0.15) is 6.29 Å². The molecule has 2 rings (SSSR count). The Morgan fingerprint density at radius 1 is 1.75 bits per heavy atom. The van der Waals surface area contributed by atoms with Crippen LogP contribution in [0.15, 0.2) is 11.6 Å². The topological polar surface area (TPSA) is 29.6 Å². The number of aldehydes is 1. The fraction of sp³-hybridized carbons (Fsp3) is 0.700. The second-order valence-corrected chi connectivity index (χ2v) is 3.97. The Hall–Kier alpha value is -0.630. The zero-order valence-corrected chi connectivity index (χ0v) is 7.38. The molecule has 1 aliphatic carbocycles. The standard InChI is InChI=1S/C10H14O2/c1-10(7-12-10)9-4-2-8(6-11)3-5-9/h2,6,9H,3-5,7H2,1H3. The predicted molar refractivity (Wildman–Crippen MR) is 45.8 cm³/mol. The Labute approximate surface area is 72.6 Å². The monoisotopic (exact) mass is 166 g/mol. The van der Waals surface area contributed by atoms with Gasteiger partial charge in [0.05, 0.1) is 12.2 Å². The van der Waals surface area contributed by atoms with Crippen molar-refractivity contribution in [2.45, 2.75) is 31.8 Å². The van der Waals surface area contributed by atoms with E-state index < -0.39 is 0 Å². The van der Waals surface area contributed by atoms with Gasteiger partial charge in [0, 0.05) is 0 Å². The summed E-state index contributed by atoms with van der Waals surface area (Å²) in [6.45, 7) is 3.07. The van der Waals surface area contributed by atoms with Gasteiger partial charge in [-0.3, -0.25) is 4.79 Å². The van der Waals surface area contributed by atoms with E-state index in [1.165, 1.54) is 0 Å². The predicted octanol–water partition coefficient (Wildman–Crippen LogP) is 1.70. The fourth-order valence-corrected chi connectivity index (χ4v) is 1.87.